The number of nitrogens with zero attached hydrogens (tertiary/aromatic N) is 2. The monoisotopic (exact) mass is 191 g/mol. The predicted octanol–water partition coefficient (Wildman–Crippen LogP) is 0.978. The van der Waals surface area contributed by atoms with Crippen molar-refractivity contribution in [3.8, 4) is 0 Å². The molecular weight excluding hydrogens is 176 g/mol. The lowest BCUT2D eigenvalue weighted by molar-refractivity contribution is -0.656. The summed E-state index contributed by atoms with van der Waals surface area (Å²) in [5, 5.41) is 9.29. The van der Waals surface area contributed by atoms with E-state index in [9.17, 15) is 5.11 Å². The van der Waals surface area contributed by atoms with Crippen molar-refractivity contribution in [2.45, 2.75) is 20.1 Å². The molecule has 1 heterocycles. The van der Waals surface area contributed by atoms with Gasteiger partial charge in [-0.1, -0.05) is 12.1 Å². The first-order valence-corrected chi connectivity index (χ1v) is 4.86. The maximum atomic E-state index is 9.29. The van der Waals surface area contributed by atoms with Crippen molar-refractivity contribution in [2.24, 2.45) is 7.05 Å². The summed E-state index contributed by atoms with van der Waals surface area (Å²) in [7, 11) is 1.99. The van der Waals surface area contributed by atoms with Crippen LogP contribution in [0.2, 0.25) is 0 Å². The van der Waals surface area contributed by atoms with E-state index in [-0.39, 0.29) is 6.61 Å². The molecule has 2 aromatic rings. The van der Waals surface area contributed by atoms with E-state index in [0.717, 1.165) is 12.4 Å². The molecule has 0 spiro atoms. The molecule has 3 heteroatoms. The fourth-order valence-corrected chi connectivity index (χ4v) is 1.98. The third kappa shape index (κ3) is 1.13. The smallest absolute Gasteiger partial charge is 0.283 e. The van der Waals surface area contributed by atoms with Crippen LogP contribution in [0.25, 0.3) is 11.0 Å². The molecule has 0 bridgehead atoms. The lowest BCUT2D eigenvalue weighted by Gasteiger charge is -1.95. The predicted molar refractivity (Wildman–Crippen MR) is 54.7 cm³/mol. The number of aliphatic hydroxyl groups is 1. The van der Waals surface area contributed by atoms with Crippen LogP contribution in [0.15, 0.2) is 24.3 Å². The van der Waals surface area contributed by atoms with Crippen LogP contribution in [0.4, 0.5) is 0 Å². The topological polar surface area (TPSA) is 29.0 Å². The van der Waals surface area contributed by atoms with E-state index in [2.05, 4.69) is 23.6 Å². The highest BCUT2D eigenvalue weighted by atomic mass is 16.3. The summed E-state index contributed by atoms with van der Waals surface area (Å²) in [5.41, 5.74) is 2.35. The Morgan fingerprint density at radius 2 is 2.07 bits per heavy atom. The summed E-state index contributed by atoms with van der Waals surface area (Å²) < 4.78 is 4.17. The summed E-state index contributed by atoms with van der Waals surface area (Å²) in [6, 6.07) is 8.19. The van der Waals surface area contributed by atoms with Gasteiger partial charge in [-0.3, -0.25) is 0 Å². The van der Waals surface area contributed by atoms with Crippen LogP contribution < -0.4 is 4.57 Å². The second-order valence-electron chi connectivity index (χ2n) is 3.37. The second-order valence-corrected chi connectivity index (χ2v) is 3.37. The molecule has 2 rings (SSSR count). The highest BCUT2D eigenvalue weighted by molar-refractivity contribution is 5.72. The van der Waals surface area contributed by atoms with Crippen molar-refractivity contribution in [1.82, 2.24) is 4.57 Å². The molecule has 1 aromatic heterocycles. The number of benzene rings is 1. The van der Waals surface area contributed by atoms with E-state index in [4.69, 9.17) is 0 Å². The molecule has 0 atom stereocenters. The van der Waals surface area contributed by atoms with Crippen molar-refractivity contribution < 1.29 is 9.67 Å². The van der Waals surface area contributed by atoms with Gasteiger partial charge in [-0.2, -0.15) is 0 Å². The van der Waals surface area contributed by atoms with Crippen LogP contribution >= 0.6 is 0 Å². The summed E-state index contributed by atoms with van der Waals surface area (Å²) in [5.74, 6) is 0.953. The van der Waals surface area contributed by atoms with Gasteiger partial charge in [0.05, 0.1) is 13.6 Å². The number of aliphatic hydroxyl groups excluding tert-OH is 1. The Kier molecular flexibility index (Phi) is 2.25. The lowest BCUT2D eigenvalue weighted by atomic mass is 10.3. The summed E-state index contributed by atoms with van der Waals surface area (Å²) in [6.45, 7) is 3.06. The Morgan fingerprint density at radius 1 is 1.36 bits per heavy atom. The fourth-order valence-electron chi connectivity index (χ4n) is 1.98. The van der Waals surface area contributed by atoms with E-state index >= 15 is 0 Å². The first-order valence-electron chi connectivity index (χ1n) is 4.86. The van der Waals surface area contributed by atoms with Gasteiger partial charge < -0.3 is 5.11 Å². The SMILES string of the molecule is CCn1c(CO)[n+](C)c2ccccc21. The van der Waals surface area contributed by atoms with Gasteiger partial charge in [0, 0.05) is 0 Å². The molecule has 0 aliphatic rings. The zero-order valence-corrected chi connectivity index (χ0v) is 8.57. The highest BCUT2D eigenvalue weighted by Crippen LogP contribution is 2.13. The van der Waals surface area contributed by atoms with Crippen molar-refractivity contribution in [2.75, 3.05) is 0 Å². The molecule has 0 saturated carbocycles. The first kappa shape index (κ1) is 9.21. The zero-order valence-electron chi connectivity index (χ0n) is 8.57. The third-order valence-electron chi connectivity index (χ3n) is 2.69. The molecule has 74 valence electrons. The van der Waals surface area contributed by atoms with Crippen LogP contribution in [0.1, 0.15) is 12.7 Å². The second kappa shape index (κ2) is 3.42. The molecule has 0 unspecified atom stereocenters. The number of rotatable bonds is 2. The Morgan fingerprint density at radius 3 is 2.71 bits per heavy atom. The van der Waals surface area contributed by atoms with E-state index in [0.29, 0.717) is 0 Å². The molecule has 3 nitrogen and oxygen atoms in total. The van der Waals surface area contributed by atoms with Crippen LogP contribution in [0.3, 0.4) is 0 Å². The minimum atomic E-state index is 0.0824. The number of hydrogen-bond donors (Lipinski definition) is 1. The van der Waals surface area contributed by atoms with Crippen LogP contribution in [0.5, 0.6) is 0 Å². The Balaban J connectivity index is 2.84. The molecular formula is C11H15N2O+. The maximum Gasteiger partial charge on any atom is 0.283 e. The van der Waals surface area contributed by atoms with E-state index < -0.39 is 0 Å². The van der Waals surface area contributed by atoms with Gasteiger partial charge in [-0.15, -0.1) is 0 Å². The number of fused-ring (bicyclic) bond motifs is 1. The van der Waals surface area contributed by atoms with Gasteiger partial charge in [0.2, 0.25) is 0 Å². The molecule has 1 N–H and O–H groups in total. The molecule has 0 amide bonds. The average Bonchev–Trinajstić information content (AvgIpc) is 2.51. The van der Waals surface area contributed by atoms with Gasteiger partial charge in [0.1, 0.15) is 6.61 Å². The minimum Gasteiger partial charge on any atom is -0.384 e. The third-order valence-corrected chi connectivity index (χ3v) is 2.69. The minimum absolute atomic E-state index is 0.0824. The quantitative estimate of drug-likeness (QED) is 0.704. The van der Waals surface area contributed by atoms with E-state index in [1.54, 1.807) is 0 Å². The van der Waals surface area contributed by atoms with Gasteiger partial charge in [0.25, 0.3) is 5.82 Å². The van der Waals surface area contributed by atoms with E-state index in [1.807, 2.05) is 23.7 Å². The Bertz CT molecular complexity index is 460. The molecule has 0 aliphatic heterocycles. The highest BCUT2D eigenvalue weighted by Gasteiger charge is 2.19. The van der Waals surface area contributed by atoms with Gasteiger partial charge in [-0.05, 0) is 19.1 Å². The van der Waals surface area contributed by atoms with E-state index in [1.165, 1.54) is 11.0 Å². The first-order chi connectivity index (χ1) is 6.79. The zero-order chi connectivity index (χ0) is 10.1. The standard InChI is InChI=1S/C11H15N2O/c1-3-13-10-7-5-4-6-9(10)12(2)11(13)8-14/h4-7,14H,3,8H2,1-2H3/q+1. The molecule has 0 fully saturated rings. The van der Waals surface area contributed by atoms with Crippen molar-refractivity contribution in [1.29, 1.82) is 0 Å². The number of aromatic nitrogens is 2. The normalized spacial score (nSPS) is 11.1. The summed E-state index contributed by atoms with van der Waals surface area (Å²) >= 11 is 0. The molecule has 0 radical (unpaired) electrons. The number of imidazole rings is 1. The largest absolute Gasteiger partial charge is 0.384 e. The summed E-state index contributed by atoms with van der Waals surface area (Å²) in [4.78, 5) is 0. The number of para-hydroxylation sites is 2. The van der Waals surface area contributed by atoms with Crippen molar-refractivity contribution >= 4 is 11.0 Å². The average molecular weight is 191 g/mol. The molecule has 14 heavy (non-hydrogen) atoms. The van der Waals surface area contributed by atoms with Gasteiger partial charge >= 0.3 is 0 Å². The Labute approximate surface area is 83.2 Å². The van der Waals surface area contributed by atoms with Crippen LogP contribution in [0, 0.1) is 0 Å². The van der Waals surface area contributed by atoms with Crippen LogP contribution in [-0.2, 0) is 20.2 Å². The van der Waals surface area contributed by atoms with Gasteiger partial charge in [-0.25, -0.2) is 9.13 Å². The summed E-state index contributed by atoms with van der Waals surface area (Å²) in [6.07, 6.45) is 0. The molecule has 1 aromatic carbocycles. The van der Waals surface area contributed by atoms with Gasteiger partial charge in [0.15, 0.2) is 11.0 Å². The van der Waals surface area contributed by atoms with Crippen LogP contribution in [-0.4, -0.2) is 9.67 Å². The lowest BCUT2D eigenvalue weighted by Crippen LogP contribution is -2.33. The number of aryl methyl sites for hydroxylation is 2. The molecule has 0 saturated heterocycles. The number of hydrogen-bond acceptors (Lipinski definition) is 1. The fraction of sp³-hybridized carbons (Fsp3) is 0.364. The molecule has 0 aliphatic carbocycles. The van der Waals surface area contributed by atoms with Crippen molar-refractivity contribution in [3.63, 3.8) is 0 Å². The Hall–Kier alpha value is -1.35. The maximum absolute atomic E-state index is 9.29. The van der Waals surface area contributed by atoms with Crippen molar-refractivity contribution in [3.05, 3.63) is 30.1 Å².